The highest BCUT2D eigenvalue weighted by Crippen LogP contribution is 2.36. The molecule has 0 aliphatic rings. The number of carbonyl (C=O) groups is 2. The predicted octanol–water partition coefficient (Wildman–Crippen LogP) is 5.59. The number of rotatable bonds is 9. The molecule has 0 aromatic heterocycles. The van der Waals surface area contributed by atoms with Crippen LogP contribution < -0.4 is 20.2 Å². The fraction of sp³-hybridized carbons (Fsp3) is 0.160. The van der Waals surface area contributed by atoms with E-state index in [4.69, 9.17) is 21.1 Å². The first kappa shape index (κ1) is 25.3. The number of halogens is 2. The standard InChI is InChI=1S/C25H23BrClN3O4/c1-3-33-22-13-17(14-28-30-25(32)18-7-9-19(26)10-8-18)12-21(27)24(22)34-15-23(31)29-20-6-4-5-16(2)11-20/h4-14H,3,15H2,1-2H3,(H,29,31)(H,30,32)/b28-14+. The van der Waals surface area contributed by atoms with Crippen molar-refractivity contribution >= 4 is 51.2 Å². The third-order valence-corrected chi connectivity index (χ3v) is 5.28. The summed E-state index contributed by atoms with van der Waals surface area (Å²) in [4.78, 5) is 24.5. The molecule has 0 bridgehead atoms. The number of nitrogens with zero attached hydrogens (tertiary/aromatic N) is 1. The van der Waals surface area contributed by atoms with Gasteiger partial charge in [-0.3, -0.25) is 9.59 Å². The van der Waals surface area contributed by atoms with Crippen LogP contribution in [0, 0.1) is 6.92 Å². The number of hydrogen-bond donors (Lipinski definition) is 2. The van der Waals surface area contributed by atoms with Gasteiger partial charge in [-0.2, -0.15) is 5.10 Å². The molecule has 0 atom stereocenters. The highest BCUT2D eigenvalue weighted by molar-refractivity contribution is 9.10. The van der Waals surface area contributed by atoms with Gasteiger partial charge in [-0.05, 0) is 73.5 Å². The molecule has 2 N–H and O–H groups in total. The van der Waals surface area contributed by atoms with E-state index < -0.39 is 0 Å². The van der Waals surface area contributed by atoms with Crippen LogP contribution in [0.4, 0.5) is 5.69 Å². The summed E-state index contributed by atoms with van der Waals surface area (Å²) in [7, 11) is 0. The Morgan fingerprint density at radius 3 is 2.56 bits per heavy atom. The Morgan fingerprint density at radius 1 is 1.09 bits per heavy atom. The Balaban J connectivity index is 1.65. The molecule has 176 valence electrons. The average Bonchev–Trinajstić information content (AvgIpc) is 2.79. The SMILES string of the molecule is CCOc1cc(/C=N/NC(=O)c2ccc(Br)cc2)cc(Cl)c1OCC(=O)Nc1cccc(C)c1. The minimum Gasteiger partial charge on any atom is -0.490 e. The van der Waals surface area contributed by atoms with E-state index in [1.165, 1.54) is 6.21 Å². The first-order valence-corrected chi connectivity index (χ1v) is 11.6. The minimum absolute atomic E-state index is 0.245. The van der Waals surface area contributed by atoms with Gasteiger partial charge in [0.1, 0.15) is 0 Å². The van der Waals surface area contributed by atoms with Gasteiger partial charge in [0.05, 0.1) is 17.8 Å². The van der Waals surface area contributed by atoms with Gasteiger partial charge in [0.2, 0.25) is 0 Å². The van der Waals surface area contributed by atoms with Crippen LogP contribution in [0.15, 0.2) is 70.2 Å². The maximum absolute atomic E-state index is 12.3. The molecule has 0 saturated carbocycles. The number of hydrazone groups is 1. The van der Waals surface area contributed by atoms with Crippen LogP contribution in [0.1, 0.15) is 28.4 Å². The van der Waals surface area contributed by atoms with Crippen molar-refractivity contribution in [1.82, 2.24) is 5.43 Å². The van der Waals surface area contributed by atoms with E-state index in [-0.39, 0.29) is 29.2 Å². The summed E-state index contributed by atoms with van der Waals surface area (Å²) in [5.74, 6) is -0.0668. The molecular formula is C25H23BrClN3O4. The van der Waals surface area contributed by atoms with Crippen molar-refractivity contribution in [1.29, 1.82) is 0 Å². The van der Waals surface area contributed by atoms with Gasteiger partial charge >= 0.3 is 0 Å². The molecule has 0 aliphatic carbocycles. The lowest BCUT2D eigenvalue weighted by Gasteiger charge is -2.14. The zero-order chi connectivity index (χ0) is 24.5. The van der Waals surface area contributed by atoms with Crippen LogP contribution >= 0.6 is 27.5 Å². The predicted molar refractivity (Wildman–Crippen MR) is 137 cm³/mol. The zero-order valence-corrected chi connectivity index (χ0v) is 20.9. The highest BCUT2D eigenvalue weighted by Gasteiger charge is 2.14. The van der Waals surface area contributed by atoms with Crippen molar-refractivity contribution in [3.8, 4) is 11.5 Å². The number of carbonyl (C=O) groups excluding carboxylic acids is 2. The van der Waals surface area contributed by atoms with E-state index >= 15 is 0 Å². The molecule has 9 heteroatoms. The Labute approximate surface area is 211 Å². The van der Waals surface area contributed by atoms with Crippen LogP contribution in [-0.4, -0.2) is 31.2 Å². The quantitative estimate of drug-likeness (QED) is 0.271. The van der Waals surface area contributed by atoms with Crippen molar-refractivity contribution in [2.45, 2.75) is 13.8 Å². The van der Waals surface area contributed by atoms with Crippen LogP contribution in [0.2, 0.25) is 5.02 Å². The molecule has 34 heavy (non-hydrogen) atoms. The Hall–Kier alpha value is -3.36. The van der Waals surface area contributed by atoms with Gasteiger partial charge in [-0.15, -0.1) is 0 Å². The Kier molecular flexibility index (Phi) is 9.07. The number of ether oxygens (including phenoxy) is 2. The van der Waals surface area contributed by atoms with Crippen molar-refractivity contribution < 1.29 is 19.1 Å². The third kappa shape index (κ3) is 7.33. The number of amides is 2. The lowest BCUT2D eigenvalue weighted by molar-refractivity contribution is -0.118. The molecule has 0 heterocycles. The lowest BCUT2D eigenvalue weighted by atomic mass is 10.2. The van der Waals surface area contributed by atoms with E-state index in [2.05, 4.69) is 31.8 Å². The normalized spacial score (nSPS) is 10.7. The number of hydrogen-bond acceptors (Lipinski definition) is 5. The largest absolute Gasteiger partial charge is 0.490 e. The van der Waals surface area contributed by atoms with Gasteiger partial charge in [-0.1, -0.05) is 39.7 Å². The van der Waals surface area contributed by atoms with Crippen molar-refractivity contribution in [2.24, 2.45) is 5.10 Å². The summed E-state index contributed by atoms with van der Waals surface area (Å²) in [5, 5.41) is 7.01. The van der Waals surface area contributed by atoms with Crippen LogP contribution in [0.3, 0.4) is 0 Å². The van der Waals surface area contributed by atoms with Crippen LogP contribution in [0.25, 0.3) is 0 Å². The highest BCUT2D eigenvalue weighted by atomic mass is 79.9. The molecule has 7 nitrogen and oxygen atoms in total. The zero-order valence-electron chi connectivity index (χ0n) is 18.6. The summed E-state index contributed by atoms with van der Waals surface area (Å²) >= 11 is 9.72. The molecule has 3 aromatic carbocycles. The second-order valence-corrected chi connectivity index (χ2v) is 8.50. The fourth-order valence-electron chi connectivity index (χ4n) is 2.95. The number of aryl methyl sites for hydroxylation is 1. The van der Waals surface area contributed by atoms with Crippen LogP contribution in [0.5, 0.6) is 11.5 Å². The molecule has 0 unspecified atom stereocenters. The summed E-state index contributed by atoms with van der Waals surface area (Å²) in [6.45, 7) is 3.88. The molecular weight excluding hydrogens is 522 g/mol. The van der Waals surface area contributed by atoms with E-state index in [1.807, 2.05) is 32.0 Å². The first-order valence-electron chi connectivity index (χ1n) is 10.4. The van der Waals surface area contributed by atoms with Crippen molar-refractivity contribution in [3.63, 3.8) is 0 Å². The molecule has 0 fully saturated rings. The van der Waals surface area contributed by atoms with Gasteiger partial charge in [0, 0.05) is 15.7 Å². The number of anilines is 1. The summed E-state index contributed by atoms with van der Waals surface area (Å²) in [5.41, 5.74) is 5.24. The monoisotopic (exact) mass is 543 g/mol. The van der Waals surface area contributed by atoms with Gasteiger partial charge in [0.25, 0.3) is 11.8 Å². The summed E-state index contributed by atoms with van der Waals surface area (Å²) in [6.07, 6.45) is 1.44. The molecule has 0 spiro atoms. The number of nitrogens with one attached hydrogen (secondary N) is 2. The Bertz CT molecular complexity index is 1200. The van der Waals surface area contributed by atoms with Crippen molar-refractivity contribution in [3.05, 3.63) is 86.8 Å². The van der Waals surface area contributed by atoms with E-state index in [0.29, 0.717) is 29.2 Å². The van der Waals surface area contributed by atoms with Crippen molar-refractivity contribution in [2.75, 3.05) is 18.5 Å². The van der Waals surface area contributed by atoms with E-state index in [1.54, 1.807) is 42.5 Å². The van der Waals surface area contributed by atoms with Gasteiger partial charge in [-0.25, -0.2) is 5.43 Å². The summed E-state index contributed by atoms with van der Waals surface area (Å²) in [6, 6.07) is 17.6. The second kappa shape index (κ2) is 12.2. The van der Waals surface area contributed by atoms with Gasteiger partial charge < -0.3 is 14.8 Å². The van der Waals surface area contributed by atoms with E-state index in [0.717, 1.165) is 10.0 Å². The molecule has 3 rings (SSSR count). The smallest absolute Gasteiger partial charge is 0.271 e. The molecule has 3 aromatic rings. The first-order chi connectivity index (χ1) is 16.4. The summed E-state index contributed by atoms with van der Waals surface area (Å²) < 4.78 is 12.2. The third-order valence-electron chi connectivity index (χ3n) is 4.47. The maximum atomic E-state index is 12.3. The Morgan fingerprint density at radius 2 is 1.85 bits per heavy atom. The molecule has 0 radical (unpaired) electrons. The lowest BCUT2D eigenvalue weighted by Crippen LogP contribution is -2.20. The molecule has 0 saturated heterocycles. The van der Waals surface area contributed by atoms with Gasteiger partial charge in [0.15, 0.2) is 18.1 Å². The minimum atomic E-state index is -0.348. The molecule has 0 aliphatic heterocycles. The maximum Gasteiger partial charge on any atom is 0.271 e. The van der Waals surface area contributed by atoms with Crippen LogP contribution in [-0.2, 0) is 4.79 Å². The van der Waals surface area contributed by atoms with E-state index in [9.17, 15) is 9.59 Å². The number of benzene rings is 3. The fourth-order valence-corrected chi connectivity index (χ4v) is 3.49. The average molecular weight is 545 g/mol. The topological polar surface area (TPSA) is 89.0 Å². The second-order valence-electron chi connectivity index (χ2n) is 7.18. The molecule has 2 amide bonds.